The Kier molecular flexibility index (Phi) is 3.88. The summed E-state index contributed by atoms with van der Waals surface area (Å²) in [6.45, 7) is 1.78. The van der Waals surface area contributed by atoms with E-state index in [4.69, 9.17) is 5.11 Å². The predicted molar refractivity (Wildman–Crippen MR) is 70.3 cm³/mol. The molecule has 2 aromatic carbocycles. The zero-order valence-electron chi connectivity index (χ0n) is 10.9. The second-order valence-electron chi connectivity index (χ2n) is 4.41. The predicted octanol–water partition coefficient (Wildman–Crippen LogP) is 4.26. The molecule has 0 aromatic heterocycles. The Morgan fingerprint density at radius 3 is 2.38 bits per heavy atom. The van der Waals surface area contributed by atoms with Gasteiger partial charge in [0, 0.05) is 0 Å². The van der Waals surface area contributed by atoms with Crippen LogP contribution in [-0.2, 0) is 0 Å². The van der Waals surface area contributed by atoms with Gasteiger partial charge in [-0.05, 0) is 41.8 Å². The molecule has 0 spiro atoms. The zero-order valence-corrected chi connectivity index (χ0v) is 10.9. The van der Waals surface area contributed by atoms with E-state index in [0.717, 1.165) is 11.6 Å². The third-order valence-corrected chi connectivity index (χ3v) is 2.84. The number of alkyl halides is 3. The maximum atomic E-state index is 12.3. The maximum Gasteiger partial charge on any atom is 0.573 e. The molecule has 0 amide bonds. The first kappa shape index (κ1) is 14.9. The van der Waals surface area contributed by atoms with Gasteiger partial charge in [-0.2, -0.15) is 0 Å². The van der Waals surface area contributed by atoms with Gasteiger partial charge in [0.05, 0.1) is 5.56 Å². The smallest absolute Gasteiger partial charge is 0.478 e. The van der Waals surface area contributed by atoms with Crippen LogP contribution >= 0.6 is 0 Å². The Balaban J connectivity index is 2.56. The first-order valence-corrected chi connectivity index (χ1v) is 5.96. The number of carboxylic acids is 1. The molecule has 0 saturated heterocycles. The third-order valence-electron chi connectivity index (χ3n) is 2.84. The van der Waals surface area contributed by atoms with Crippen LogP contribution in [0.5, 0.6) is 5.75 Å². The summed E-state index contributed by atoms with van der Waals surface area (Å²) >= 11 is 0. The van der Waals surface area contributed by atoms with Crippen molar-refractivity contribution in [2.75, 3.05) is 0 Å². The van der Waals surface area contributed by atoms with Gasteiger partial charge in [-0.3, -0.25) is 0 Å². The number of rotatable bonds is 3. The average Bonchev–Trinajstić information content (AvgIpc) is 2.36. The summed E-state index contributed by atoms with van der Waals surface area (Å²) in [5.41, 5.74) is 1.55. The summed E-state index contributed by atoms with van der Waals surface area (Å²) in [5, 5.41) is 9.01. The van der Waals surface area contributed by atoms with Crippen LogP contribution in [0.4, 0.5) is 13.2 Å². The molecule has 0 atom stereocenters. The molecular weight excluding hydrogens is 285 g/mol. The van der Waals surface area contributed by atoms with Crippen LogP contribution in [0.2, 0.25) is 0 Å². The van der Waals surface area contributed by atoms with Crippen molar-refractivity contribution in [2.45, 2.75) is 13.3 Å². The second-order valence-corrected chi connectivity index (χ2v) is 4.41. The molecule has 110 valence electrons. The van der Waals surface area contributed by atoms with Gasteiger partial charge in [0.15, 0.2) is 0 Å². The number of hydrogen-bond acceptors (Lipinski definition) is 2. The van der Waals surface area contributed by atoms with E-state index in [0.29, 0.717) is 11.1 Å². The number of hydrogen-bond donors (Lipinski definition) is 1. The molecule has 6 heteroatoms. The Bertz CT molecular complexity index is 678. The van der Waals surface area contributed by atoms with Crippen molar-refractivity contribution >= 4 is 5.97 Å². The van der Waals surface area contributed by atoms with Gasteiger partial charge in [0.1, 0.15) is 5.75 Å². The number of aromatic carboxylic acids is 1. The normalized spacial score (nSPS) is 11.2. The maximum absolute atomic E-state index is 12.3. The molecule has 3 nitrogen and oxygen atoms in total. The molecule has 0 saturated carbocycles. The van der Waals surface area contributed by atoms with Crippen molar-refractivity contribution in [3.05, 3.63) is 53.6 Å². The zero-order chi connectivity index (χ0) is 15.6. The molecule has 0 aliphatic heterocycles. The van der Waals surface area contributed by atoms with Gasteiger partial charge in [0.2, 0.25) is 0 Å². The Morgan fingerprint density at radius 2 is 1.81 bits per heavy atom. The van der Waals surface area contributed by atoms with Crippen molar-refractivity contribution in [3.63, 3.8) is 0 Å². The summed E-state index contributed by atoms with van der Waals surface area (Å²) in [4.78, 5) is 11.1. The first-order valence-electron chi connectivity index (χ1n) is 5.96. The van der Waals surface area contributed by atoms with Crippen molar-refractivity contribution < 1.29 is 27.8 Å². The summed E-state index contributed by atoms with van der Waals surface area (Å²) in [7, 11) is 0. The van der Waals surface area contributed by atoms with Gasteiger partial charge in [-0.15, -0.1) is 13.2 Å². The van der Waals surface area contributed by atoms with Gasteiger partial charge in [0.25, 0.3) is 0 Å². The summed E-state index contributed by atoms with van der Waals surface area (Å²) in [6.07, 6.45) is -4.87. The Morgan fingerprint density at radius 1 is 1.14 bits per heavy atom. The van der Waals surface area contributed by atoms with E-state index in [1.165, 1.54) is 12.1 Å². The van der Waals surface area contributed by atoms with Crippen LogP contribution < -0.4 is 4.74 Å². The molecule has 2 aromatic rings. The molecule has 0 aliphatic rings. The fraction of sp³-hybridized carbons (Fsp3) is 0.133. The fourth-order valence-electron chi connectivity index (χ4n) is 1.97. The van der Waals surface area contributed by atoms with E-state index in [9.17, 15) is 18.0 Å². The highest BCUT2D eigenvalue weighted by Crippen LogP contribution is 2.31. The third kappa shape index (κ3) is 3.75. The lowest BCUT2D eigenvalue weighted by Gasteiger charge is -2.12. The highest BCUT2D eigenvalue weighted by atomic mass is 19.4. The minimum atomic E-state index is -4.87. The summed E-state index contributed by atoms with van der Waals surface area (Å²) in [6, 6.07) is 10.3. The van der Waals surface area contributed by atoms with E-state index < -0.39 is 18.1 Å². The number of ether oxygens (including phenoxy) is 1. The lowest BCUT2D eigenvalue weighted by molar-refractivity contribution is -0.274. The largest absolute Gasteiger partial charge is 0.573 e. The molecule has 0 bridgehead atoms. The van der Waals surface area contributed by atoms with Gasteiger partial charge >= 0.3 is 12.3 Å². The van der Waals surface area contributed by atoms with E-state index in [-0.39, 0.29) is 5.56 Å². The standard InChI is InChI=1S/C15H11F3O3/c1-9-4-2-3-5-13(9)10-6-11(14(19)20)8-12(7-10)21-15(16,17)18/h2-8H,1H3,(H,19,20). The van der Waals surface area contributed by atoms with Crippen molar-refractivity contribution in [1.29, 1.82) is 0 Å². The number of carbonyl (C=O) groups is 1. The molecule has 0 heterocycles. The molecule has 1 N–H and O–H groups in total. The van der Waals surface area contributed by atoms with Crippen LogP contribution in [0, 0.1) is 6.92 Å². The first-order chi connectivity index (χ1) is 9.76. The SMILES string of the molecule is Cc1ccccc1-c1cc(OC(F)(F)F)cc(C(=O)O)c1. The van der Waals surface area contributed by atoms with Crippen molar-refractivity contribution in [2.24, 2.45) is 0 Å². The lowest BCUT2D eigenvalue weighted by Crippen LogP contribution is -2.17. The molecule has 2 rings (SSSR count). The monoisotopic (exact) mass is 296 g/mol. The molecule has 0 fully saturated rings. The topological polar surface area (TPSA) is 46.5 Å². The Hall–Kier alpha value is -2.50. The van der Waals surface area contributed by atoms with Crippen molar-refractivity contribution in [3.8, 4) is 16.9 Å². The fourth-order valence-corrected chi connectivity index (χ4v) is 1.97. The van der Waals surface area contributed by atoms with E-state index >= 15 is 0 Å². The lowest BCUT2D eigenvalue weighted by atomic mass is 9.98. The van der Waals surface area contributed by atoms with E-state index in [1.807, 2.05) is 0 Å². The number of halogens is 3. The van der Waals surface area contributed by atoms with Crippen LogP contribution in [-0.4, -0.2) is 17.4 Å². The number of aryl methyl sites for hydroxylation is 1. The minimum absolute atomic E-state index is 0.269. The average molecular weight is 296 g/mol. The number of carboxylic acid groups (broad SMARTS) is 1. The molecular formula is C15H11F3O3. The summed E-state index contributed by atoms with van der Waals surface area (Å²) in [5.74, 6) is -1.88. The van der Waals surface area contributed by atoms with Crippen molar-refractivity contribution in [1.82, 2.24) is 0 Å². The van der Waals surface area contributed by atoms with Crippen LogP contribution in [0.25, 0.3) is 11.1 Å². The van der Waals surface area contributed by atoms with Gasteiger partial charge in [-0.25, -0.2) is 4.79 Å². The second kappa shape index (κ2) is 5.47. The van der Waals surface area contributed by atoms with E-state index in [2.05, 4.69) is 4.74 Å². The highest BCUT2D eigenvalue weighted by Gasteiger charge is 2.31. The molecule has 0 aliphatic carbocycles. The molecule has 0 unspecified atom stereocenters. The van der Waals surface area contributed by atoms with Gasteiger partial charge in [-0.1, -0.05) is 24.3 Å². The molecule has 0 radical (unpaired) electrons. The van der Waals surface area contributed by atoms with E-state index in [1.54, 1.807) is 31.2 Å². The van der Waals surface area contributed by atoms with Crippen LogP contribution in [0.3, 0.4) is 0 Å². The van der Waals surface area contributed by atoms with Gasteiger partial charge < -0.3 is 9.84 Å². The molecule has 21 heavy (non-hydrogen) atoms. The van der Waals surface area contributed by atoms with Crippen LogP contribution in [0.15, 0.2) is 42.5 Å². The number of benzene rings is 2. The Labute approximate surface area is 118 Å². The summed E-state index contributed by atoms with van der Waals surface area (Å²) < 4.78 is 40.8. The van der Waals surface area contributed by atoms with Crippen LogP contribution in [0.1, 0.15) is 15.9 Å². The minimum Gasteiger partial charge on any atom is -0.478 e. The quantitative estimate of drug-likeness (QED) is 0.920. The highest BCUT2D eigenvalue weighted by molar-refractivity contribution is 5.90.